The maximum Gasteiger partial charge on any atom is 0.416 e. The van der Waals surface area contributed by atoms with Gasteiger partial charge < -0.3 is 10.1 Å². The van der Waals surface area contributed by atoms with E-state index in [1.807, 2.05) is 5.38 Å². The van der Waals surface area contributed by atoms with E-state index in [9.17, 15) is 22.8 Å². The highest BCUT2D eigenvalue weighted by molar-refractivity contribution is 8.01. The van der Waals surface area contributed by atoms with Crippen LogP contribution in [0.1, 0.15) is 24.5 Å². The smallest absolute Gasteiger partial charge is 0.416 e. The first-order valence-corrected chi connectivity index (χ1v) is 13.3. The highest BCUT2D eigenvalue weighted by Crippen LogP contribution is 2.42. The SMILES string of the molecule is C/C=C\C=C(Oc1ccc(C(F)(F)F)cc1)C1(c2ccsc2)CC(=O)C(Sc2ccccc2Cl)C(=O)N1. The molecule has 192 valence electrons. The molecule has 3 aromatic rings. The molecule has 1 saturated heterocycles. The lowest BCUT2D eigenvalue weighted by atomic mass is 9.80. The lowest BCUT2D eigenvalue weighted by Crippen LogP contribution is -2.59. The van der Waals surface area contributed by atoms with E-state index in [1.54, 1.807) is 60.9 Å². The monoisotopic (exact) mass is 563 g/mol. The third-order valence-corrected chi connectivity index (χ3v) is 8.12. The first-order valence-electron chi connectivity index (χ1n) is 11.1. The number of ether oxygens (including phenoxy) is 1. The molecule has 4 nitrogen and oxygen atoms in total. The summed E-state index contributed by atoms with van der Waals surface area (Å²) in [6.45, 7) is 1.78. The fraction of sp³-hybridized carbons (Fsp3) is 0.185. The van der Waals surface area contributed by atoms with Crippen LogP contribution in [0.15, 0.2) is 94.2 Å². The van der Waals surface area contributed by atoms with E-state index in [2.05, 4.69) is 5.32 Å². The number of hydrogen-bond donors (Lipinski definition) is 1. The maximum absolute atomic E-state index is 13.5. The second-order valence-electron chi connectivity index (χ2n) is 8.16. The first kappa shape index (κ1) is 27.0. The molecule has 0 radical (unpaired) electrons. The number of thioether (sulfide) groups is 1. The zero-order valence-electron chi connectivity index (χ0n) is 19.4. The van der Waals surface area contributed by atoms with Crippen LogP contribution in [0.3, 0.4) is 0 Å². The third kappa shape index (κ3) is 5.95. The molecule has 37 heavy (non-hydrogen) atoms. The Balaban J connectivity index is 1.71. The molecule has 1 aliphatic rings. The molecule has 1 N–H and O–H groups in total. The summed E-state index contributed by atoms with van der Waals surface area (Å²) in [5.74, 6) is -0.517. The minimum absolute atomic E-state index is 0.123. The van der Waals surface area contributed by atoms with Gasteiger partial charge in [0.05, 0.1) is 10.6 Å². The van der Waals surface area contributed by atoms with Crippen LogP contribution in [0.4, 0.5) is 13.2 Å². The van der Waals surface area contributed by atoms with Gasteiger partial charge in [-0.2, -0.15) is 24.5 Å². The quantitative estimate of drug-likeness (QED) is 0.185. The van der Waals surface area contributed by atoms with Crippen molar-refractivity contribution in [1.82, 2.24) is 5.32 Å². The lowest BCUT2D eigenvalue weighted by Gasteiger charge is -2.40. The number of thiophene rings is 1. The van der Waals surface area contributed by atoms with Gasteiger partial charge in [-0.25, -0.2) is 0 Å². The standard InChI is InChI=1S/C27H21ClF3NO3S2/c1-2-3-8-23(35-19-11-9-17(10-12-19)27(29,30)31)26(18-13-14-36-16-18)15-21(33)24(25(34)32-26)37-22-7-5-4-6-20(22)28/h2-14,16,24H,15H2,1H3,(H,32,34)/b3-2-,23-8?. The van der Waals surface area contributed by atoms with Crippen molar-refractivity contribution in [2.45, 2.75) is 35.2 Å². The van der Waals surface area contributed by atoms with Gasteiger partial charge in [-0.1, -0.05) is 35.9 Å². The molecule has 1 aliphatic heterocycles. The van der Waals surface area contributed by atoms with Crippen molar-refractivity contribution in [3.8, 4) is 5.75 Å². The van der Waals surface area contributed by atoms with Crippen LogP contribution in [0.25, 0.3) is 0 Å². The van der Waals surface area contributed by atoms with Gasteiger partial charge in [0.25, 0.3) is 0 Å². The van der Waals surface area contributed by atoms with Crippen LogP contribution in [-0.4, -0.2) is 16.9 Å². The number of hydrogen-bond acceptors (Lipinski definition) is 5. The summed E-state index contributed by atoms with van der Waals surface area (Å²) in [6.07, 6.45) is 0.402. The van der Waals surface area contributed by atoms with Crippen LogP contribution in [-0.2, 0) is 21.3 Å². The lowest BCUT2D eigenvalue weighted by molar-refractivity contribution is -0.138. The topological polar surface area (TPSA) is 55.4 Å². The van der Waals surface area contributed by atoms with Gasteiger partial charge in [0.2, 0.25) is 5.91 Å². The predicted octanol–water partition coefficient (Wildman–Crippen LogP) is 7.40. The summed E-state index contributed by atoms with van der Waals surface area (Å²) in [6, 6.07) is 13.0. The van der Waals surface area contributed by atoms with Crippen LogP contribution < -0.4 is 10.1 Å². The van der Waals surface area contributed by atoms with Gasteiger partial charge >= 0.3 is 6.18 Å². The third-order valence-electron chi connectivity index (χ3n) is 5.67. The molecular formula is C27H21ClF3NO3S2. The number of alkyl halides is 3. The zero-order valence-corrected chi connectivity index (χ0v) is 21.8. The van der Waals surface area contributed by atoms with E-state index in [0.717, 1.165) is 23.9 Å². The number of piperidine rings is 1. The molecule has 2 heterocycles. The zero-order chi connectivity index (χ0) is 26.6. The van der Waals surface area contributed by atoms with Crippen molar-refractivity contribution >= 4 is 46.4 Å². The second-order valence-corrected chi connectivity index (χ2v) is 10.5. The maximum atomic E-state index is 13.5. The van der Waals surface area contributed by atoms with Gasteiger partial charge in [-0.3, -0.25) is 9.59 Å². The van der Waals surface area contributed by atoms with Crippen molar-refractivity contribution in [2.75, 3.05) is 0 Å². The van der Waals surface area contributed by atoms with E-state index >= 15 is 0 Å². The van der Waals surface area contributed by atoms with Gasteiger partial charge in [0.15, 0.2) is 5.78 Å². The molecule has 4 rings (SSSR count). The number of halogens is 4. The molecule has 2 unspecified atom stereocenters. The van der Waals surface area contributed by atoms with Gasteiger partial charge in [0.1, 0.15) is 22.3 Å². The Morgan fingerprint density at radius 1 is 1.16 bits per heavy atom. The van der Waals surface area contributed by atoms with E-state index in [-0.39, 0.29) is 23.7 Å². The van der Waals surface area contributed by atoms with Crippen LogP contribution in [0.5, 0.6) is 5.75 Å². The first-order chi connectivity index (χ1) is 17.6. The van der Waals surface area contributed by atoms with E-state index < -0.39 is 28.4 Å². The molecule has 2 aromatic carbocycles. The molecule has 0 saturated carbocycles. The van der Waals surface area contributed by atoms with Gasteiger partial charge in [-0.15, -0.1) is 11.8 Å². The number of carbonyl (C=O) groups excluding carboxylic acids is 2. The number of amides is 1. The number of rotatable bonds is 7. The largest absolute Gasteiger partial charge is 0.459 e. The number of Topliss-reactive ketones (excluding diaryl/α,β-unsaturated/α-hetero) is 1. The Morgan fingerprint density at radius 3 is 2.49 bits per heavy atom. The molecule has 1 amide bonds. The highest BCUT2D eigenvalue weighted by Gasteiger charge is 2.50. The Kier molecular flexibility index (Phi) is 8.16. The van der Waals surface area contributed by atoms with E-state index in [1.165, 1.54) is 23.5 Å². The fourth-order valence-electron chi connectivity index (χ4n) is 3.87. The van der Waals surface area contributed by atoms with Gasteiger partial charge in [0, 0.05) is 11.3 Å². The number of benzene rings is 2. The Morgan fingerprint density at radius 2 is 1.89 bits per heavy atom. The second kappa shape index (κ2) is 11.2. The Bertz CT molecular complexity index is 1320. The molecule has 1 fully saturated rings. The van der Waals surface area contributed by atoms with Crippen molar-refractivity contribution in [1.29, 1.82) is 0 Å². The average molecular weight is 564 g/mol. The van der Waals surface area contributed by atoms with Crippen molar-refractivity contribution < 1.29 is 27.5 Å². The highest BCUT2D eigenvalue weighted by atomic mass is 35.5. The number of ketones is 1. The summed E-state index contributed by atoms with van der Waals surface area (Å²) in [7, 11) is 0. The van der Waals surface area contributed by atoms with Crippen molar-refractivity contribution in [2.24, 2.45) is 0 Å². The molecule has 0 spiro atoms. The summed E-state index contributed by atoms with van der Waals surface area (Å²) in [5, 5.41) is 6.01. The van der Waals surface area contributed by atoms with Crippen LogP contribution >= 0.6 is 34.7 Å². The van der Waals surface area contributed by atoms with Crippen molar-refractivity contribution in [3.63, 3.8) is 0 Å². The van der Waals surface area contributed by atoms with Crippen molar-refractivity contribution in [3.05, 3.63) is 105 Å². The Hall–Kier alpha value is -3.01. The average Bonchev–Trinajstić information content (AvgIpc) is 3.40. The summed E-state index contributed by atoms with van der Waals surface area (Å²) < 4.78 is 45.2. The normalized spacial score (nSPS) is 20.8. The molecule has 1 aromatic heterocycles. The van der Waals surface area contributed by atoms with E-state index in [4.69, 9.17) is 16.3 Å². The summed E-state index contributed by atoms with van der Waals surface area (Å²) in [5.41, 5.74) is -1.54. The number of nitrogens with one attached hydrogen (secondary N) is 1. The molecule has 2 atom stereocenters. The van der Waals surface area contributed by atoms with E-state index in [0.29, 0.717) is 15.5 Å². The molecule has 0 aliphatic carbocycles. The minimum atomic E-state index is -4.49. The van der Waals surface area contributed by atoms with Crippen LogP contribution in [0, 0.1) is 0 Å². The number of carbonyl (C=O) groups is 2. The van der Waals surface area contributed by atoms with Crippen LogP contribution in [0.2, 0.25) is 5.02 Å². The fourth-order valence-corrected chi connectivity index (χ4v) is 5.84. The Labute approximate surface area is 225 Å². The summed E-state index contributed by atoms with van der Waals surface area (Å²) >= 11 is 8.70. The minimum Gasteiger partial charge on any atom is -0.459 e. The predicted molar refractivity (Wildman–Crippen MR) is 140 cm³/mol. The molecular weight excluding hydrogens is 543 g/mol. The van der Waals surface area contributed by atoms with Gasteiger partial charge in [-0.05, 0) is 71.8 Å². The molecule has 0 bridgehead atoms. The summed E-state index contributed by atoms with van der Waals surface area (Å²) in [4.78, 5) is 27.5. The molecule has 10 heteroatoms. The number of allylic oxidation sites excluding steroid dienone is 3.